The Morgan fingerprint density at radius 1 is 1.41 bits per heavy atom. The molecule has 1 atom stereocenters. The highest BCUT2D eigenvalue weighted by molar-refractivity contribution is 5.74. The zero-order valence-electron chi connectivity index (χ0n) is 13.2. The van der Waals surface area contributed by atoms with Gasteiger partial charge in [-0.05, 0) is 51.4 Å². The molecule has 1 aliphatic heterocycles. The Balaban J connectivity index is 1.81. The van der Waals surface area contributed by atoms with Crippen molar-refractivity contribution < 1.29 is 4.74 Å². The van der Waals surface area contributed by atoms with Crippen LogP contribution in [0.5, 0.6) is 0 Å². The van der Waals surface area contributed by atoms with E-state index in [0.29, 0.717) is 12.6 Å². The summed E-state index contributed by atoms with van der Waals surface area (Å²) in [5, 5.41) is 7.07. The first kappa shape index (κ1) is 15.2. The smallest absolute Gasteiger partial charge is 0.205 e. The summed E-state index contributed by atoms with van der Waals surface area (Å²) in [6, 6.07) is 4.42. The van der Waals surface area contributed by atoms with Gasteiger partial charge in [-0.15, -0.1) is 0 Å². The number of rotatable bonds is 6. The third-order valence-corrected chi connectivity index (χ3v) is 4.08. The van der Waals surface area contributed by atoms with E-state index < -0.39 is 0 Å². The van der Waals surface area contributed by atoms with E-state index in [2.05, 4.69) is 20.2 Å². The van der Waals surface area contributed by atoms with Crippen LogP contribution >= 0.6 is 0 Å². The Morgan fingerprint density at radius 2 is 2.36 bits per heavy atom. The van der Waals surface area contributed by atoms with E-state index >= 15 is 0 Å². The maximum Gasteiger partial charge on any atom is 0.205 e. The van der Waals surface area contributed by atoms with Crippen molar-refractivity contribution in [2.45, 2.75) is 38.8 Å². The van der Waals surface area contributed by atoms with Crippen molar-refractivity contribution >= 4 is 17.1 Å². The SMILES string of the molecule is CCOCCn1c(NC2CCCNCC2)nc2cccnc21. The lowest BCUT2D eigenvalue weighted by molar-refractivity contribution is 0.140. The summed E-state index contributed by atoms with van der Waals surface area (Å²) >= 11 is 0. The van der Waals surface area contributed by atoms with Gasteiger partial charge in [0.15, 0.2) is 5.65 Å². The van der Waals surface area contributed by atoms with Crippen LogP contribution in [0.2, 0.25) is 0 Å². The minimum Gasteiger partial charge on any atom is -0.380 e. The monoisotopic (exact) mass is 303 g/mol. The molecule has 2 aromatic rings. The summed E-state index contributed by atoms with van der Waals surface area (Å²) in [6.45, 7) is 6.38. The van der Waals surface area contributed by atoms with E-state index in [4.69, 9.17) is 9.72 Å². The van der Waals surface area contributed by atoms with Crippen molar-refractivity contribution in [3.8, 4) is 0 Å². The van der Waals surface area contributed by atoms with Crippen molar-refractivity contribution in [1.29, 1.82) is 0 Å². The van der Waals surface area contributed by atoms with Crippen LogP contribution in [0.4, 0.5) is 5.95 Å². The van der Waals surface area contributed by atoms with Gasteiger partial charge in [0.2, 0.25) is 5.95 Å². The van der Waals surface area contributed by atoms with Crippen LogP contribution in [0.3, 0.4) is 0 Å². The Morgan fingerprint density at radius 3 is 3.27 bits per heavy atom. The standard InChI is InChI=1S/C16H25N5O/c1-2-22-12-11-21-15-14(6-4-9-18-15)20-16(21)19-13-5-3-8-17-10-7-13/h4,6,9,13,17H,2-3,5,7-8,10-12H2,1H3,(H,19,20). The van der Waals surface area contributed by atoms with E-state index in [0.717, 1.165) is 49.8 Å². The maximum atomic E-state index is 5.51. The van der Waals surface area contributed by atoms with Crippen molar-refractivity contribution in [2.24, 2.45) is 0 Å². The summed E-state index contributed by atoms with van der Waals surface area (Å²) in [5.74, 6) is 0.917. The van der Waals surface area contributed by atoms with Crippen molar-refractivity contribution in [3.63, 3.8) is 0 Å². The number of fused-ring (bicyclic) bond motifs is 1. The molecule has 0 amide bonds. The predicted molar refractivity (Wildman–Crippen MR) is 88.2 cm³/mol. The lowest BCUT2D eigenvalue weighted by Crippen LogP contribution is -2.24. The average molecular weight is 303 g/mol. The minimum absolute atomic E-state index is 0.470. The molecule has 120 valence electrons. The van der Waals surface area contributed by atoms with Gasteiger partial charge in [0.1, 0.15) is 5.52 Å². The Labute approximate surface area is 131 Å². The van der Waals surface area contributed by atoms with Gasteiger partial charge >= 0.3 is 0 Å². The maximum absolute atomic E-state index is 5.51. The zero-order chi connectivity index (χ0) is 15.2. The fraction of sp³-hybridized carbons (Fsp3) is 0.625. The van der Waals surface area contributed by atoms with Crippen LogP contribution in [0, 0.1) is 0 Å². The van der Waals surface area contributed by atoms with Crippen molar-refractivity contribution in [2.75, 3.05) is 31.6 Å². The summed E-state index contributed by atoms with van der Waals surface area (Å²) in [6.07, 6.45) is 5.33. The Bertz CT molecular complexity index is 589. The number of hydrogen-bond acceptors (Lipinski definition) is 5. The molecular weight excluding hydrogens is 278 g/mol. The molecule has 3 heterocycles. The average Bonchev–Trinajstić information content (AvgIpc) is 2.71. The van der Waals surface area contributed by atoms with Gasteiger partial charge in [-0.2, -0.15) is 0 Å². The molecular formula is C16H25N5O. The number of imidazole rings is 1. The fourth-order valence-electron chi connectivity index (χ4n) is 2.93. The first-order valence-electron chi connectivity index (χ1n) is 8.24. The normalized spacial score (nSPS) is 19.2. The van der Waals surface area contributed by atoms with Crippen LogP contribution in [0.1, 0.15) is 26.2 Å². The van der Waals surface area contributed by atoms with E-state index in [9.17, 15) is 0 Å². The molecule has 1 saturated heterocycles. The number of hydrogen-bond donors (Lipinski definition) is 2. The zero-order valence-corrected chi connectivity index (χ0v) is 13.2. The third-order valence-electron chi connectivity index (χ3n) is 4.08. The highest BCUT2D eigenvalue weighted by Crippen LogP contribution is 2.20. The topological polar surface area (TPSA) is 64.0 Å². The van der Waals surface area contributed by atoms with Crippen molar-refractivity contribution in [1.82, 2.24) is 19.9 Å². The Kier molecular flexibility index (Phi) is 5.24. The summed E-state index contributed by atoms with van der Waals surface area (Å²) in [4.78, 5) is 9.21. The van der Waals surface area contributed by atoms with E-state index in [1.165, 1.54) is 12.8 Å². The quantitative estimate of drug-likeness (QED) is 0.799. The van der Waals surface area contributed by atoms with Gasteiger partial charge in [0.05, 0.1) is 13.2 Å². The minimum atomic E-state index is 0.470. The van der Waals surface area contributed by atoms with E-state index in [1.807, 2.05) is 25.3 Å². The van der Waals surface area contributed by atoms with Crippen LogP contribution in [-0.4, -0.2) is 46.9 Å². The van der Waals surface area contributed by atoms with E-state index in [-0.39, 0.29) is 0 Å². The second kappa shape index (κ2) is 7.56. The molecule has 0 aromatic carbocycles. The van der Waals surface area contributed by atoms with Gasteiger partial charge in [-0.25, -0.2) is 9.97 Å². The summed E-state index contributed by atoms with van der Waals surface area (Å²) in [5.41, 5.74) is 1.87. The highest BCUT2D eigenvalue weighted by Gasteiger charge is 2.17. The largest absolute Gasteiger partial charge is 0.380 e. The number of pyridine rings is 1. The molecule has 0 bridgehead atoms. The number of anilines is 1. The molecule has 1 unspecified atom stereocenters. The molecule has 22 heavy (non-hydrogen) atoms. The molecule has 6 heteroatoms. The highest BCUT2D eigenvalue weighted by atomic mass is 16.5. The van der Waals surface area contributed by atoms with Crippen LogP contribution in [0.25, 0.3) is 11.2 Å². The number of nitrogens with one attached hydrogen (secondary N) is 2. The number of nitrogens with zero attached hydrogens (tertiary/aromatic N) is 3. The molecule has 0 spiro atoms. The summed E-state index contributed by atoms with van der Waals surface area (Å²) in [7, 11) is 0. The fourth-order valence-corrected chi connectivity index (χ4v) is 2.93. The molecule has 2 aromatic heterocycles. The predicted octanol–water partition coefficient (Wildman–Crippen LogP) is 2.02. The lowest BCUT2D eigenvalue weighted by Gasteiger charge is -2.18. The molecule has 0 aliphatic carbocycles. The van der Waals surface area contributed by atoms with Crippen LogP contribution < -0.4 is 10.6 Å². The first-order chi connectivity index (χ1) is 10.9. The van der Waals surface area contributed by atoms with Gasteiger partial charge in [-0.3, -0.25) is 4.57 Å². The first-order valence-corrected chi connectivity index (χ1v) is 8.24. The summed E-state index contributed by atoms with van der Waals surface area (Å²) < 4.78 is 7.65. The molecule has 0 radical (unpaired) electrons. The van der Waals surface area contributed by atoms with Gasteiger partial charge in [0, 0.05) is 18.8 Å². The molecule has 6 nitrogen and oxygen atoms in total. The van der Waals surface area contributed by atoms with Crippen molar-refractivity contribution in [3.05, 3.63) is 18.3 Å². The molecule has 3 rings (SSSR count). The van der Waals surface area contributed by atoms with Crippen LogP contribution in [-0.2, 0) is 11.3 Å². The van der Waals surface area contributed by atoms with Crippen LogP contribution in [0.15, 0.2) is 18.3 Å². The molecule has 1 fully saturated rings. The molecule has 1 aliphatic rings. The lowest BCUT2D eigenvalue weighted by atomic mass is 10.1. The molecule has 0 saturated carbocycles. The second-order valence-electron chi connectivity index (χ2n) is 5.65. The third kappa shape index (κ3) is 3.56. The molecule has 2 N–H and O–H groups in total. The number of aromatic nitrogens is 3. The Hall–Kier alpha value is -1.66. The van der Waals surface area contributed by atoms with Gasteiger partial charge in [-0.1, -0.05) is 0 Å². The van der Waals surface area contributed by atoms with Gasteiger partial charge in [0.25, 0.3) is 0 Å². The second-order valence-corrected chi connectivity index (χ2v) is 5.65. The number of ether oxygens (including phenoxy) is 1. The van der Waals surface area contributed by atoms with Gasteiger partial charge < -0.3 is 15.4 Å². The van der Waals surface area contributed by atoms with E-state index in [1.54, 1.807) is 0 Å².